The van der Waals surface area contributed by atoms with Crippen molar-refractivity contribution in [2.75, 3.05) is 26.3 Å². The molecule has 1 rings (SSSR count). The van der Waals surface area contributed by atoms with Crippen molar-refractivity contribution in [2.45, 2.75) is 12.7 Å². The lowest BCUT2D eigenvalue weighted by Gasteiger charge is -2.09. The van der Waals surface area contributed by atoms with Gasteiger partial charge in [0.25, 0.3) is 0 Å². The Balaban J connectivity index is 2.01. The Labute approximate surface area is 115 Å². The lowest BCUT2D eigenvalue weighted by molar-refractivity contribution is -0.173. The molecule has 1 aromatic carbocycles. The predicted molar refractivity (Wildman–Crippen MR) is 68.0 cm³/mol. The summed E-state index contributed by atoms with van der Waals surface area (Å²) in [6, 6.07) is 9.40. The normalized spacial score (nSPS) is 11.3. The number of ether oxygens (including phenoxy) is 1. The van der Waals surface area contributed by atoms with Gasteiger partial charge in [0.05, 0.1) is 13.2 Å². The van der Waals surface area contributed by atoms with Crippen LogP contribution in [0.25, 0.3) is 0 Å². The van der Waals surface area contributed by atoms with Gasteiger partial charge in [-0.05, 0) is 5.56 Å². The molecule has 0 radical (unpaired) electrons. The van der Waals surface area contributed by atoms with E-state index in [1.165, 1.54) is 0 Å². The highest BCUT2D eigenvalue weighted by Crippen LogP contribution is 2.13. The van der Waals surface area contributed by atoms with Crippen LogP contribution in [0.15, 0.2) is 30.3 Å². The van der Waals surface area contributed by atoms with Crippen LogP contribution in [0.2, 0.25) is 0 Å². The minimum atomic E-state index is -4.31. The molecule has 0 unspecified atom stereocenters. The van der Waals surface area contributed by atoms with Crippen molar-refractivity contribution < 1.29 is 22.7 Å². The third kappa shape index (κ3) is 8.49. The van der Waals surface area contributed by atoms with Crippen LogP contribution >= 0.6 is 0 Å². The summed E-state index contributed by atoms with van der Waals surface area (Å²) in [5, 5.41) is 5.40. The number of nitrogens with one attached hydrogen (secondary N) is 2. The fourth-order valence-electron chi connectivity index (χ4n) is 1.39. The SMILES string of the molecule is O=C(CNCCOCC(F)(F)F)NCc1ccccc1. The van der Waals surface area contributed by atoms with Crippen LogP contribution in [-0.2, 0) is 16.1 Å². The quantitative estimate of drug-likeness (QED) is 0.713. The topological polar surface area (TPSA) is 50.4 Å². The van der Waals surface area contributed by atoms with Gasteiger partial charge in [0.15, 0.2) is 0 Å². The van der Waals surface area contributed by atoms with Gasteiger partial charge in [0.1, 0.15) is 6.61 Å². The number of carbonyl (C=O) groups excluding carboxylic acids is 1. The maximum absolute atomic E-state index is 11.7. The van der Waals surface area contributed by atoms with E-state index in [0.29, 0.717) is 6.54 Å². The fourth-order valence-corrected chi connectivity index (χ4v) is 1.39. The molecule has 0 atom stereocenters. The highest BCUT2D eigenvalue weighted by Gasteiger charge is 2.27. The van der Waals surface area contributed by atoms with Crippen LogP contribution in [0.5, 0.6) is 0 Å². The second-order valence-electron chi connectivity index (χ2n) is 4.11. The average molecular weight is 290 g/mol. The van der Waals surface area contributed by atoms with Crippen molar-refractivity contribution in [2.24, 2.45) is 0 Å². The maximum Gasteiger partial charge on any atom is 0.411 e. The van der Waals surface area contributed by atoms with Crippen LogP contribution in [0.4, 0.5) is 13.2 Å². The summed E-state index contributed by atoms with van der Waals surface area (Å²) in [4.78, 5) is 11.4. The first-order valence-electron chi connectivity index (χ1n) is 6.13. The molecule has 112 valence electrons. The van der Waals surface area contributed by atoms with E-state index in [-0.39, 0.29) is 25.6 Å². The Hall–Kier alpha value is -1.60. The largest absolute Gasteiger partial charge is 0.411 e. The number of rotatable bonds is 8. The summed E-state index contributed by atoms with van der Waals surface area (Å²) in [6.07, 6.45) is -4.31. The minimum absolute atomic E-state index is 0.0439. The average Bonchev–Trinajstić information content (AvgIpc) is 2.40. The number of alkyl halides is 3. The van der Waals surface area contributed by atoms with Gasteiger partial charge in [-0.25, -0.2) is 0 Å². The molecule has 0 saturated heterocycles. The highest BCUT2D eigenvalue weighted by molar-refractivity contribution is 5.77. The zero-order valence-corrected chi connectivity index (χ0v) is 10.9. The summed E-state index contributed by atoms with van der Waals surface area (Å²) in [7, 11) is 0. The third-order valence-corrected chi connectivity index (χ3v) is 2.31. The number of hydrogen-bond donors (Lipinski definition) is 2. The van der Waals surface area contributed by atoms with Crippen LogP contribution in [-0.4, -0.2) is 38.4 Å². The number of benzene rings is 1. The zero-order chi connectivity index (χ0) is 14.8. The van der Waals surface area contributed by atoms with E-state index in [0.717, 1.165) is 5.56 Å². The van der Waals surface area contributed by atoms with Crippen LogP contribution in [0.3, 0.4) is 0 Å². The molecule has 0 aliphatic rings. The first kappa shape index (κ1) is 16.5. The molecular formula is C13H17F3N2O2. The predicted octanol–water partition coefficient (Wildman–Crippen LogP) is 1.47. The molecule has 1 amide bonds. The molecule has 2 N–H and O–H groups in total. The van der Waals surface area contributed by atoms with Gasteiger partial charge >= 0.3 is 6.18 Å². The third-order valence-electron chi connectivity index (χ3n) is 2.31. The second kappa shape index (κ2) is 8.55. The molecule has 0 aliphatic carbocycles. The van der Waals surface area contributed by atoms with Crippen LogP contribution in [0, 0.1) is 0 Å². The van der Waals surface area contributed by atoms with E-state index in [4.69, 9.17) is 0 Å². The summed E-state index contributed by atoms with van der Waals surface area (Å²) in [5.41, 5.74) is 0.981. The lowest BCUT2D eigenvalue weighted by atomic mass is 10.2. The van der Waals surface area contributed by atoms with E-state index < -0.39 is 12.8 Å². The molecule has 20 heavy (non-hydrogen) atoms. The Bertz CT molecular complexity index is 396. The summed E-state index contributed by atoms with van der Waals surface area (Å²) in [6.45, 7) is -0.705. The summed E-state index contributed by atoms with van der Waals surface area (Å²) >= 11 is 0. The number of hydrogen-bond acceptors (Lipinski definition) is 3. The zero-order valence-electron chi connectivity index (χ0n) is 10.9. The molecule has 0 fully saturated rings. The van der Waals surface area contributed by atoms with Crippen molar-refractivity contribution in [1.82, 2.24) is 10.6 Å². The van der Waals surface area contributed by atoms with Gasteiger partial charge in [0.2, 0.25) is 5.91 Å². The summed E-state index contributed by atoms with van der Waals surface area (Å²) in [5.74, 6) is -0.218. The van der Waals surface area contributed by atoms with E-state index in [1.807, 2.05) is 30.3 Å². The fraction of sp³-hybridized carbons (Fsp3) is 0.462. The minimum Gasteiger partial charge on any atom is -0.371 e. The molecule has 0 spiro atoms. The maximum atomic E-state index is 11.7. The van der Waals surface area contributed by atoms with E-state index in [2.05, 4.69) is 15.4 Å². The van der Waals surface area contributed by atoms with E-state index in [9.17, 15) is 18.0 Å². The lowest BCUT2D eigenvalue weighted by Crippen LogP contribution is -2.35. The summed E-state index contributed by atoms with van der Waals surface area (Å²) < 4.78 is 39.6. The van der Waals surface area contributed by atoms with Crippen molar-refractivity contribution in [3.63, 3.8) is 0 Å². The van der Waals surface area contributed by atoms with Gasteiger partial charge in [-0.3, -0.25) is 4.79 Å². The smallest absolute Gasteiger partial charge is 0.371 e. The van der Waals surface area contributed by atoms with Gasteiger partial charge in [-0.15, -0.1) is 0 Å². The molecule has 4 nitrogen and oxygen atoms in total. The monoisotopic (exact) mass is 290 g/mol. The molecule has 0 bridgehead atoms. The number of amides is 1. The van der Waals surface area contributed by atoms with E-state index in [1.54, 1.807) is 0 Å². The first-order chi connectivity index (χ1) is 9.47. The van der Waals surface area contributed by atoms with Gasteiger partial charge in [0, 0.05) is 13.1 Å². The standard InChI is InChI=1S/C13H17F3N2O2/c14-13(15,16)10-20-7-6-17-9-12(19)18-8-11-4-2-1-3-5-11/h1-5,17H,6-10H2,(H,18,19). The van der Waals surface area contributed by atoms with Gasteiger partial charge < -0.3 is 15.4 Å². The Kier molecular flexibility index (Phi) is 7.03. The Morgan fingerprint density at radius 3 is 2.55 bits per heavy atom. The molecule has 7 heteroatoms. The first-order valence-corrected chi connectivity index (χ1v) is 6.13. The van der Waals surface area contributed by atoms with Crippen molar-refractivity contribution in [3.8, 4) is 0 Å². The van der Waals surface area contributed by atoms with Crippen LogP contribution in [0.1, 0.15) is 5.56 Å². The molecule has 0 heterocycles. The Morgan fingerprint density at radius 1 is 1.20 bits per heavy atom. The van der Waals surface area contributed by atoms with Gasteiger partial charge in [-0.2, -0.15) is 13.2 Å². The molecule has 0 saturated carbocycles. The van der Waals surface area contributed by atoms with Crippen LogP contribution < -0.4 is 10.6 Å². The van der Waals surface area contributed by atoms with Crippen molar-refractivity contribution in [3.05, 3.63) is 35.9 Å². The van der Waals surface area contributed by atoms with Crippen molar-refractivity contribution in [1.29, 1.82) is 0 Å². The molecular weight excluding hydrogens is 273 g/mol. The second-order valence-corrected chi connectivity index (χ2v) is 4.11. The number of halogens is 3. The number of carbonyl (C=O) groups is 1. The molecule has 0 aromatic heterocycles. The molecule has 0 aliphatic heterocycles. The molecule has 1 aromatic rings. The van der Waals surface area contributed by atoms with Gasteiger partial charge in [-0.1, -0.05) is 30.3 Å². The van der Waals surface area contributed by atoms with E-state index >= 15 is 0 Å². The van der Waals surface area contributed by atoms with Crippen molar-refractivity contribution >= 4 is 5.91 Å². The highest BCUT2D eigenvalue weighted by atomic mass is 19.4. The Morgan fingerprint density at radius 2 is 1.90 bits per heavy atom.